The van der Waals surface area contributed by atoms with Crippen molar-refractivity contribution in [3.8, 4) is 0 Å². The van der Waals surface area contributed by atoms with Crippen molar-refractivity contribution in [3.63, 3.8) is 0 Å². The largest absolute Gasteiger partial charge is 0.347 e. The van der Waals surface area contributed by atoms with Crippen molar-refractivity contribution in [2.45, 2.75) is 31.2 Å². The van der Waals surface area contributed by atoms with E-state index in [0.717, 1.165) is 4.90 Å². The Bertz CT molecular complexity index is 788. The molecule has 1 aromatic carbocycles. The molecule has 1 fully saturated rings. The van der Waals surface area contributed by atoms with Crippen molar-refractivity contribution >= 4 is 23.6 Å². The van der Waals surface area contributed by atoms with Crippen LogP contribution in [-0.2, 0) is 16.1 Å². The Morgan fingerprint density at radius 3 is 2.63 bits per heavy atom. The maximum Gasteiger partial charge on any atom is 0.246 e. The van der Waals surface area contributed by atoms with Crippen LogP contribution in [0.3, 0.4) is 0 Å². The molecule has 2 heterocycles. The van der Waals surface area contributed by atoms with Crippen LogP contribution in [0, 0.1) is 18.7 Å². The Hall–Kier alpha value is -2.42. The molecule has 0 aliphatic carbocycles. The molecule has 1 saturated heterocycles. The first-order chi connectivity index (χ1) is 13.0. The molecule has 0 radical (unpaired) electrons. The minimum Gasteiger partial charge on any atom is -0.347 e. The van der Waals surface area contributed by atoms with Crippen molar-refractivity contribution in [1.82, 2.24) is 20.4 Å². The number of rotatable bonds is 6. The smallest absolute Gasteiger partial charge is 0.246 e. The number of aryl methyl sites for hydroxylation is 1. The number of carbonyl (C=O) groups is 2. The molecule has 0 unspecified atom stereocenters. The molecule has 144 valence electrons. The Kier molecular flexibility index (Phi) is 6.44. The van der Waals surface area contributed by atoms with Gasteiger partial charge < -0.3 is 14.7 Å². The van der Waals surface area contributed by atoms with E-state index in [4.69, 9.17) is 4.52 Å². The summed E-state index contributed by atoms with van der Waals surface area (Å²) in [5.41, 5.74) is 0. The number of benzene rings is 1. The Morgan fingerprint density at radius 1 is 1.30 bits per heavy atom. The summed E-state index contributed by atoms with van der Waals surface area (Å²) in [6, 6.07) is 6.09. The topological polar surface area (TPSA) is 88.3 Å². The number of hydrogen-bond acceptors (Lipinski definition) is 6. The van der Waals surface area contributed by atoms with Gasteiger partial charge in [-0.05, 0) is 44.0 Å². The van der Waals surface area contributed by atoms with Crippen LogP contribution in [-0.4, -0.2) is 45.7 Å². The highest BCUT2D eigenvalue weighted by Crippen LogP contribution is 2.21. The quantitative estimate of drug-likeness (QED) is 0.758. The molecule has 3 rings (SSSR count). The molecule has 0 bridgehead atoms. The van der Waals surface area contributed by atoms with E-state index in [1.807, 2.05) is 0 Å². The lowest BCUT2D eigenvalue weighted by molar-refractivity contribution is -0.133. The van der Waals surface area contributed by atoms with E-state index in [1.54, 1.807) is 24.0 Å². The zero-order valence-corrected chi connectivity index (χ0v) is 15.8. The van der Waals surface area contributed by atoms with Gasteiger partial charge in [-0.1, -0.05) is 5.16 Å². The molecular formula is C18H21FN4O3S. The second-order valence-corrected chi connectivity index (χ2v) is 7.40. The first-order valence-corrected chi connectivity index (χ1v) is 9.73. The Morgan fingerprint density at radius 2 is 2.00 bits per heavy atom. The fraction of sp³-hybridized carbons (Fsp3) is 0.444. The van der Waals surface area contributed by atoms with E-state index in [9.17, 15) is 14.0 Å². The van der Waals surface area contributed by atoms with Crippen LogP contribution in [0.5, 0.6) is 0 Å². The Labute approximate surface area is 160 Å². The highest BCUT2D eigenvalue weighted by Gasteiger charge is 2.27. The summed E-state index contributed by atoms with van der Waals surface area (Å²) < 4.78 is 17.9. The molecule has 0 atom stereocenters. The predicted molar refractivity (Wildman–Crippen MR) is 97.3 cm³/mol. The number of halogens is 1. The number of carbonyl (C=O) groups excluding carboxylic acids is 2. The summed E-state index contributed by atoms with van der Waals surface area (Å²) in [7, 11) is 0. The van der Waals surface area contributed by atoms with Gasteiger partial charge in [-0.25, -0.2) is 4.39 Å². The molecule has 7 nitrogen and oxygen atoms in total. The molecule has 2 amide bonds. The van der Waals surface area contributed by atoms with Gasteiger partial charge in [0.15, 0.2) is 5.82 Å². The third kappa shape index (κ3) is 5.53. The van der Waals surface area contributed by atoms with E-state index in [2.05, 4.69) is 15.5 Å². The molecule has 1 aromatic heterocycles. The van der Waals surface area contributed by atoms with Gasteiger partial charge in [-0.3, -0.25) is 9.59 Å². The number of thioether (sulfide) groups is 1. The van der Waals surface area contributed by atoms with E-state index in [-0.39, 0.29) is 30.1 Å². The summed E-state index contributed by atoms with van der Waals surface area (Å²) >= 11 is 1.39. The van der Waals surface area contributed by atoms with Crippen LogP contribution < -0.4 is 5.32 Å². The van der Waals surface area contributed by atoms with Gasteiger partial charge in [0.2, 0.25) is 17.7 Å². The van der Waals surface area contributed by atoms with E-state index >= 15 is 0 Å². The summed E-state index contributed by atoms with van der Waals surface area (Å²) in [6.07, 6.45) is 1.25. The van der Waals surface area contributed by atoms with Gasteiger partial charge in [-0.2, -0.15) is 4.98 Å². The molecule has 1 aliphatic heterocycles. The van der Waals surface area contributed by atoms with Crippen molar-refractivity contribution in [2.75, 3.05) is 18.8 Å². The Balaban J connectivity index is 1.39. The van der Waals surface area contributed by atoms with Crippen LogP contribution >= 0.6 is 11.8 Å². The molecule has 9 heteroatoms. The number of amides is 2. The second kappa shape index (κ2) is 8.98. The molecule has 27 heavy (non-hydrogen) atoms. The van der Waals surface area contributed by atoms with E-state index in [1.165, 1.54) is 23.9 Å². The average molecular weight is 392 g/mol. The maximum absolute atomic E-state index is 12.9. The monoisotopic (exact) mass is 392 g/mol. The van der Waals surface area contributed by atoms with Crippen molar-refractivity contribution in [1.29, 1.82) is 0 Å². The first kappa shape index (κ1) is 19.3. The van der Waals surface area contributed by atoms with Gasteiger partial charge in [0.05, 0.1) is 12.3 Å². The van der Waals surface area contributed by atoms with Gasteiger partial charge in [0, 0.05) is 23.9 Å². The van der Waals surface area contributed by atoms with Gasteiger partial charge in [0.1, 0.15) is 5.82 Å². The van der Waals surface area contributed by atoms with Crippen molar-refractivity contribution in [2.24, 2.45) is 5.92 Å². The van der Waals surface area contributed by atoms with Gasteiger partial charge in [0.25, 0.3) is 0 Å². The molecule has 2 aromatic rings. The SMILES string of the molecule is Cc1noc(CNC(=O)C2CCN(C(=O)CSc3ccc(F)cc3)CC2)n1. The van der Waals surface area contributed by atoms with Crippen LogP contribution in [0.25, 0.3) is 0 Å². The molecule has 1 N–H and O–H groups in total. The van der Waals surface area contributed by atoms with Crippen LogP contribution in [0.1, 0.15) is 24.6 Å². The summed E-state index contributed by atoms with van der Waals surface area (Å²) in [5, 5.41) is 6.48. The van der Waals surface area contributed by atoms with E-state index in [0.29, 0.717) is 43.4 Å². The highest BCUT2D eigenvalue weighted by atomic mass is 32.2. The number of aromatic nitrogens is 2. The van der Waals surface area contributed by atoms with Crippen LogP contribution in [0.15, 0.2) is 33.7 Å². The van der Waals surface area contributed by atoms with Gasteiger partial charge >= 0.3 is 0 Å². The van der Waals surface area contributed by atoms with Gasteiger partial charge in [-0.15, -0.1) is 11.8 Å². The lowest BCUT2D eigenvalue weighted by Crippen LogP contribution is -2.43. The minimum absolute atomic E-state index is 0.0320. The standard InChI is InChI=1S/C18H21FN4O3S/c1-12-21-16(26-22-12)10-20-18(25)13-6-8-23(9-7-13)17(24)11-27-15-4-2-14(19)3-5-15/h2-5,13H,6-11H2,1H3,(H,20,25). The third-order valence-corrected chi connectivity index (χ3v) is 5.37. The first-order valence-electron chi connectivity index (χ1n) is 8.74. The number of nitrogens with zero attached hydrogens (tertiary/aromatic N) is 3. The average Bonchev–Trinajstić information content (AvgIpc) is 3.11. The van der Waals surface area contributed by atoms with Crippen molar-refractivity contribution < 1.29 is 18.5 Å². The molecular weight excluding hydrogens is 371 g/mol. The fourth-order valence-corrected chi connectivity index (χ4v) is 3.68. The second-order valence-electron chi connectivity index (χ2n) is 6.35. The number of hydrogen-bond donors (Lipinski definition) is 1. The molecule has 0 saturated carbocycles. The van der Waals surface area contributed by atoms with E-state index < -0.39 is 0 Å². The molecule has 1 aliphatic rings. The minimum atomic E-state index is -0.291. The van der Waals surface area contributed by atoms with Crippen LogP contribution in [0.4, 0.5) is 4.39 Å². The zero-order chi connectivity index (χ0) is 19.2. The zero-order valence-electron chi connectivity index (χ0n) is 15.0. The third-order valence-electron chi connectivity index (χ3n) is 4.38. The lowest BCUT2D eigenvalue weighted by atomic mass is 9.96. The normalized spacial score (nSPS) is 15.0. The van der Waals surface area contributed by atoms with Crippen LogP contribution in [0.2, 0.25) is 0 Å². The van der Waals surface area contributed by atoms with Crippen molar-refractivity contribution in [3.05, 3.63) is 41.8 Å². The summed E-state index contributed by atoms with van der Waals surface area (Å²) in [4.78, 5) is 31.3. The number of likely N-dealkylation sites (tertiary alicyclic amines) is 1. The fourth-order valence-electron chi connectivity index (χ4n) is 2.88. The number of nitrogens with one attached hydrogen (secondary N) is 1. The lowest BCUT2D eigenvalue weighted by Gasteiger charge is -2.31. The summed E-state index contributed by atoms with van der Waals surface area (Å²) in [5.74, 6) is 0.779. The number of piperidine rings is 1. The predicted octanol–water partition coefficient (Wildman–Crippen LogP) is 2.16. The maximum atomic E-state index is 12.9. The highest BCUT2D eigenvalue weighted by molar-refractivity contribution is 8.00. The summed E-state index contributed by atoms with van der Waals surface area (Å²) in [6.45, 7) is 3.05. The molecule has 0 spiro atoms.